The maximum atomic E-state index is 13.2. The van der Waals surface area contributed by atoms with Gasteiger partial charge in [-0.15, -0.1) is 0 Å². The smallest absolute Gasteiger partial charge is 0.418 e. The maximum Gasteiger partial charge on any atom is 0.418 e. The Hall–Kier alpha value is -2.32. The van der Waals surface area contributed by atoms with Crippen molar-refractivity contribution in [3.63, 3.8) is 0 Å². The molecule has 0 amide bonds. The van der Waals surface area contributed by atoms with E-state index < -0.39 is 35.0 Å². The van der Waals surface area contributed by atoms with E-state index in [1.807, 2.05) is 0 Å². The fourth-order valence-corrected chi connectivity index (χ4v) is 2.14. The van der Waals surface area contributed by atoms with Crippen molar-refractivity contribution in [2.45, 2.75) is 39.4 Å². The third-order valence-electron chi connectivity index (χ3n) is 3.24. The minimum absolute atomic E-state index is 0.0116. The van der Waals surface area contributed by atoms with E-state index in [2.05, 4.69) is 9.84 Å². The average molecular weight is 362 g/mol. The van der Waals surface area contributed by atoms with E-state index in [4.69, 9.17) is 4.74 Å². The second-order valence-corrected chi connectivity index (χ2v) is 5.65. The van der Waals surface area contributed by atoms with Gasteiger partial charge in [0.25, 0.3) is 5.56 Å². The van der Waals surface area contributed by atoms with Crippen LogP contribution in [0.2, 0.25) is 0 Å². The first-order chi connectivity index (χ1) is 11.6. The van der Waals surface area contributed by atoms with Crippen LogP contribution in [-0.4, -0.2) is 29.5 Å². The number of esters is 1. The molecule has 6 nitrogen and oxygen atoms in total. The molecule has 0 fully saturated rings. The molecule has 1 atom stereocenters. The Kier molecular flexibility index (Phi) is 7.20. The van der Waals surface area contributed by atoms with E-state index in [1.165, 1.54) is 0 Å². The summed E-state index contributed by atoms with van der Waals surface area (Å²) in [6.07, 6.45) is -2.51. The Morgan fingerprint density at radius 2 is 2.04 bits per heavy atom. The molecule has 0 saturated heterocycles. The van der Waals surface area contributed by atoms with Crippen molar-refractivity contribution in [1.82, 2.24) is 9.78 Å². The lowest BCUT2D eigenvalue weighted by Crippen LogP contribution is -2.35. The topological polar surface area (TPSA) is 70.4 Å². The molecule has 0 N–H and O–H groups in total. The van der Waals surface area contributed by atoms with Crippen LogP contribution in [0.1, 0.15) is 44.5 Å². The number of hydrogen-bond donors (Lipinski definition) is 0. The highest BCUT2D eigenvalue weighted by Crippen LogP contribution is 2.31. The number of halogens is 3. The molecule has 1 rings (SSSR count). The van der Waals surface area contributed by atoms with Crippen molar-refractivity contribution in [3.05, 3.63) is 33.9 Å². The van der Waals surface area contributed by atoms with Crippen LogP contribution in [-0.2, 0) is 20.4 Å². The van der Waals surface area contributed by atoms with Gasteiger partial charge in [0.2, 0.25) is 0 Å². The van der Waals surface area contributed by atoms with Gasteiger partial charge in [0.1, 0.15) is 0 Å². The lowest BCUT2D eigenvalue weighted by Gasteiger charge is -2.20. The molecule has 25 heavy (non-hydrogen) atoms. The summed E-state index contributed by atoms with van der Waals surface area (Å²) in [5, 5.41) is 3.75. The number of aromatic nitrogens is 2. The Bertz CT molecular complexity index is 681. The van der Waals surface area contributed by atoms with Crippen LogP contribution in [0.3, 0.4) is 0 Å². The molecule has 0 aromatic carbocycles. The van der Waals surface area contributed by atoms with Gasteiger partial charge in [-0.1, -0.05) is 13.8 Å². The van der Waals surface area contributed by atoms with E-state index in [9.17, 15) is 22.8 Å². The lowest BCUT2D eigenvalue weighted by atomic mass is 10.0. The quantitative estimate of drug-likeness (QED) is 0.551. The summed E-state index contributed by atoms with van der Waals surface area (Å²) in [5.41, 5.74) is -2.74. The fraction of sp³-hybridized carbons (Fsp3) is 0.562. The van der Waals surface area contributed by atoms with Gasteiger partial charge < -0.3 is 9.47 Å². The number of ether oxygens (including phenoxy) is 2. The molecule has 9 heteroatoms. The zero-order chi connectivity index (χ0) is 19.2. The highest BCUT2D eigenvalue weighted by molar-refractivity contribution is 5.74. The summed E-state index contributed by atoms with van der Waals surface area (Å²) >= 11 is 0. The number of carbonyl (C=O) groups is 1. The monoisotopic (exact) mass is 362 g/mol. The minimum Gasteiger partial charge on any atom is -0.501 e. The van der Waals surface area contributed by atoms with E-state index in [-0.39, 0.29) is 18.9 Å². The molecule has 140 valence electrons. The minimum atomic E-state index is -4.77. The normalized spacial score (nSPS) is 13.3. The number of methoxy groups -OCH3 is 1. The molecule has 0 spiro atoms. The van der Waals surface area contributed by atoms with Gasteiger partial charge in [0.15, 0.2) is 6.04 Å². The molecule has 0 aliphatic heterocycles. The van der Waals surface area contributed by atoms with Crippen LogP contribution in [0.4, 0.5) is 13.2 Å². The lowest BCUT2D eigenvalue weighted by molar-refractivity contribution is -0.145. The van der Waals surface area contributed by atoms with Crippen LogP contribution >= 0.6 is 0 Å². The predicted molar refractivity (Wildman–Crippen MR) is 84.7 cm³/mol. The first-order valence-electron chi connectivity index (χ1n) is 7.68. The van der Waals surface area contributed by atoms with Crippen molar-refractivity contribution < 1.29 is 27.4 Å². The summed E-state index contributed by atoms with van der Waals surface area (Å²) in [7, 11) is 1.14. The van der Waals surface area contributed by atoms with Crippen molar-refractivity contribution >= 4 is 12.0 Å². The number of rotatable bonds is 7. The Morgan fingerprint density at radius 1 is 1.40 bits per heavy atom. The summed E-state index contributed by atoms with van der Waals surface area (Å²) in [5.74, 6) is -0.759. The second-order valence-electron chi connectivity index (χ2n) is 5.65. The molecule has 0 aliphatic rings. The van der Waals surface area contributed by atoms with Gasteiger partial charge >= 0.3 is 12.1 Å². The largest absolute Gasteiger partial charge is 0.501 e. The maximum absolute atomic E-state index is 13.2. The third kappa shape index (κ3) is 5.61. The fourth-order valence-electron chi connectivity index (χ4n) is 2.14. The van der Waals surface area contributed by atoms with Gasteiger partial charge in [-0.05, 0) is 19.3 Å². The van der Waals surface area contributed by atoms with Gasteiger partial charge in [-0.25, -0.2) is 9.48 Å². The van der Waals surface area contributed by atoms with E-state index in [0.29, 0.717) is 6.07 Å². The van der Waals surface area contributed by atoms with Crippen molar-refractivity contribution in [2.24, 2.45) is 5.92 Å². The van der Waals surface area contributed by atoms with Crippen molar-refractivity contribution in [1.29, 1.82) is 0 Å². The standard InChI is InChI=1S/C16H21F3N2O4/c1-5-25-7-6-12-11(16(17,18)19)9-14(22)21(20-12)13(8-10(2)3)15(23)24-4/h6-7,9-10,13H,5,8H2,1-4H3/b7-6+/t13-/m0/s1. The van der Waals surface area contributed by atoms with Crippen LogP contribution in [0.15, 0.2) is 17.1 Å². The predicted octanol–water partition coefficient (Wildman–Crippen LogP) is 3.03. The molecule has 0 saturated carbocycles. The molecule has 1 aromatic heterocycles. The summed E-state index contributed by atoms with van der Waals surface area (Å²) in [6.45, 7) is 5.54. The number of carbonyl (C=O) groups excluding carboxylic acids is 1. The zero-order valence-electron chi connectivity index (χ0n) is 14.5. The van der Waals surface area contributed by atoms with Gasteiger partial charge in [0, 0.05) is 12.1 Å². The Morgan fingerprint density at radius 3 is 2.52 bits per heavy atom. The summed E-state index contributed by atoms with van der Waals surface area (Å²) in [4.78, 5) is 24.1. The van der Waals surface area contributed by atoms with Crippen molar-refractivity contribution in [3.8, 4) is 0 Å². The second kappa shape index (κ2) is 8.68. The van der Waals surface area contributed by atoms with Crippen LogP contribution in [0, 0.1) is 5.92 Å². The third-order valence-corrected chi connectivity index (χ3v) is 3.24. The zero-order valence-corrected chi connectivity index (χ0v) is 14.5. The Labute approximate surface area is 143 Å². The number of nitrogens with zero attached hydrogens (tertiary/aromatic N) is 2. The molecule has 0 radical (unpaired) electrons. The van der Waals surface area contributed by atoms with E-state index in [0.717, 1.165) is 24.1 Å². The van der Waals surface area contributed by atoms with Crippen molar-refractivity contribution in [2.75, 3.05) is 13.7 Å². The average Bonchev–Trinajstić information content (AvgIpc) is 2.52. The van der Waals surface area contributed by atoms with Crippen LogP contribution < -0.4 is 5.56 Å². The van der Waals surface area contributed by atoms with Gasteiger partial charge in [0.05, 0.1) is 31.2 Å². The Balaban J connectivity index is 3.52. The van der Waals surface area contributed by atoms with E-state index in [1.54, 1.807) is 20.8 Å². The number of alkyl halides is 3. The van der Waals surface area contributed by atoms with Gasteiger partial charge in [-0.3, -0.25) is 4.79 Å². The SMILES string of the molecule is CCO/C=C/c1nn([C@@H](CC(C)C)C(=O)OC)c(=O)cc1C(F)(F)F. The summed E-state index contributed by atoms with van der Waals surface area (Å²) in [6, 6.07) is -0.687. The highest BCUT2D eigenvalue weighted by atomic mass is 19.4. The van der Waals surface area contributed by atoms with Crippen LogP contribution in [0.5, 0.6) is 0 Å². The highest BCUT2D eigenvalue weighted by Gasteiger charge is 2.36. The summed E-state index contributed by atoms with van der Waals surface area (Å²) < 4.78 is 49.7. The molecular weight excluding hydrogens is 341 g/mol. The molecule has 1 aromatic rings. The molecule has 0 aliphatic carbocycles. The number of hydrogen-bond acceptors (Lipinski definition) is 5. The van der Waals surface area contributed by atoms with E-state index >= 15 is 0 Å². The van der Waals surface area contributed by atoms with Gasteiger partial charge in [-0.2, -0.15) is 18.3 Å². The molecular formula is C16H21F3N2O4. The first-order valence-corrected chi connectivity index (χ1v) is 7.68. The van der Waals surface area contributed by atoms with Crippen LogP contribution in [0.25, 0.3) is 6.08 Å². The molecule has 0 bridgehead atoms. The molecule has 1 heterocycles. The first kappa shape index (κ1) is 20.7. The molecule has 0 unspecified atom stereocenters.